The number of amides is 3. The number of hydrogen-bond acceptors (Lipinski definition) is 6. The zero-order valence-electron chi connectivity index (χ0n) is 15.8. The van der Waals surface area contributed by atoms with E-state index in [1.54, 1.807) is 50.4 Å². The van der Waals surface area contributed by atoms with Crippen LogP contribution in [0.25, 0.3) is 0 Å². The van der Waals surface area contributed by atoms with Gasteiger partial charge < -0.3 is 19.5 Å². The zero-order valence-corrected chi connectivity index (χ0v) is 16.5. The van der Waals surface area contributed by atoms with Crippen molar-refractivity contribution in [2.75, 3.05) is 20.3 Å². The van der Waals surface area contributed by atoms with Gasteiger partial charge in [0.25, 0.3) is 5.91 Å². The lowest BCUT2D eigenvalue weighted by atomic mass is 9.92. The molecule has 1 atom stereocenters. The third kappa shape index (κ3) is 3.36. The second-order valence-corrected chi connectivity index (χ2v) is 7.08. The maximum Gasteiger partial charge on any atom is 0.346 e. The lowest BCUT2D eigenvalue weighted by Crippen LogP contribution is -2.40. The first-order chi connectivity index (χ1) is 13.9. The summed E-state index contributed by atoms with van der Waals surface area (Å²) in [6.45, 7) is 2.47. The number of imide groups is 1. The van der Waals surface area contributed by atoms with Gasteiger partial charge in [-0.3, -0.25) is 4.79 Å². The minimum atomic E-state index is -1.23. The van der Waals surface area contributed by atoms with Crippen molar-refractivity contribution in [2.24, 2.45) is 5.10 Å². The average Bonchev–Trinajstić information content (AvgIpc) is 2.95. The van der Waals surface area contributed by atoms with E-state index in [0.29, 0.717) is 46.6 Å². The summed E-state index contributed by atoms with van der Waals surface area (Å²) >= 11 is 6.21. The van der Waals surface area contributed by atoms with Gasteiger partial charge >= 0.3 is 6.03 Å². The number of urea groups is 1. The van der Waals surface area contributed by atoms with E-state index in [1.807, 2.05) is 0 Å². The largest absolute Gasteiger partial charge is 0.497 e. The van der Waals surface area contributed by atoms with Crippen molar-refractivity contribution < 1.29 is 23.8 Å². The van der Waals surface area contributed by atoms with Crippen molar-refractivity contribution in [1.82, 2.24) is 10.3 Å². The molecule has 0 bridgehead atoms. The van der Waals surface area contributed by atoms with Gasteiger partial charge in [0.15, 0.2) is 11.5 Å². The molecule has 0 saturated carbocycles. The number of rotatable bonds is 4. The SMILES string of the molecule is COc1ccc([C@]2(C)NC(=O)N(/N=C\c3cc(Cl)c4c(c3)OCCO4)C2=O)cc1. The Morgan fingerprint density at radius 2 is 1.93 bits per heavy atom. The van der Waals surface area contributed by atoms with Gasteiger partial charge in [-0.1, -0.05) is 23.7 Å². The Bertz CT molecular complexity index is 1010. The molecule has 2 heterocycles. The topological polar surface area (TPSA) is 89.5 Å². The zero-order chi connectivity index (χ0) is 20.6. The van der Waals surface area contributed by atoms with Crippen LogP contribution in [-0.2, 0) is 10.3 Å². The summed E-state index contributed by atoms with van der Waals surface area (Å²) in [7, 11) is 1.56. The number of fused-ring (bicyclic) bond motifs is 1. The quantitative estimate of drug-likeness (QED) is 0.612. The maximum absolute atomic E-state index is 12.9. The molecule has 8 nitrogen and oxygen atoms in total. The second-order valence-electron chi connectivity index (χ2n) is 6.67. The fraction of sp³-hybridized carbons (Fsp3) is 0.250. The molecule has 2 aromatic rings. The highest BCUT2D eigenvalue weighted by molar-refractivity contribution is 6.32. The third-order valence-electron chi connectivity index (χ3n) is 4.78. The Balaban J connectivity index is 1.58. The van der Waals surface area contributed by atoms with Gasteiger partial charge in [0.05, 0.1) is 18.3 Å². The lowest BCUT2D eigenvalue weighted by Gasteiger charge is -2.21. The molecule has 9 heteroatoms. The van der Waals surface area contributed by atoms with Crippen molar-refractivity contribution >= 4 is 29.8 Å². The predicted octanol–water partition coefficient (Wildman–Crippen LogP) is 2.92. The molecule has 2 aliphatic rings. The molecule has 29 heavy (non-hydrogen) atoms. The standard InChI is InChI=1S/C20H18ClN3O5/c1-20(13-3-5-14(27-2)6-4-13)18(25)24(19(26)23-20)22-11-12-9-15(21)17-16(10-12)28-7-8-29-17/h3-6,9-11H,7-8H2,1-2H3,(H,23,26)/b22-11-/t20-/m0/s1. The highest BCUT2D eigenvalue weighted by Crippen LogP contribution is 2.38. The summed E-state index contributed by atoms with van der Waals surface area (Å²) in [6, 6.07) is 9.60. The number of carbonyl (C=O) groups excluding carboxylic acids is 2. The molecular formula is C20H18ClN3O5. The van der Waals surface area contributed by atoms with Crippen molar-refractivity contribution in [3.63, 3.8) is 0 Å². The van der Waals surface area contributed by atoms with E-state index in [2.05, 4.69) is 10.4 Å². The first-order valence-electron chi connectivity index (χ1n) is 8.87. The van der Waals surface area contributed by atoms with E-state index < -0.39 is 17.5 Å². The Morgan fingerprint density at radius 3 is 2.66 bits per heavy atom. The predicted molar refractivity (Wildman–Crippen MR) is 106 cm³/mol. The van der Waals surface area contributed by atoms with Crippen molar-refractivity contribution in [2.45, 2.75) is 12.5 Å². The first kappa shape index (κ1) is 19.1. The molecule has 1 N–H and O–H groups in total. The number of methoxy groups -OCH3 is 1. The van der Waals surface area contributed by atoms with E-state index in [4.69, 9.17) is 25.8 Å². The van der Waals surface area contributed by atoms with Crippen LogP contribution in [0.15, 0.2) is 41.5 Å². The van der Waals surface area contributed by atoms with Crippen molar-refractivity contribution in [3.8, 4) is 17.2 Å². The highest BCUT2D eigenvalue weighted by Gasteiger charge is 2.49. The van der Waals surface area contributed by atoms with Crippen LogP contribution in [0.5, 0.6) is 17.2 Å². The number of halogens is 1. The smallest absolute Gasteiger partial charge is 0.346 e. The summed E-state index contributed by atoms with van der Waals surface area (Å²) in [5, 5.41) is 7.93. The van der Waals surface area contributed by atoms with E-state index in [-0.39, 0.29) is 0 Å². The number of hydrogen-bond donors (Lipinski definition) is 1. The van der Waals surface area contributed by atoms with Crippen molar-refractivity contribution in [3.05, 3.63) is 52.5 Å². The lowest BCUT2D eigenvalue weighted by molar-refractivity contribution is -0.131. The second kappa shape index (κ2) is 7.29. The van der Waals surface area contributed by atoms with E-state index in [1.165, 1.54) is 6.21 Å². The van der Waals surface area contributed by atoms with Gasteiger partial charge in [0.2, 0.25) is 0 Å². The Kier molecular flexibility index (Phi) is 4.79. The maximum atomic E-state index is 12.9. The third-order valence-corrected chi connectivity index (χ3v) is 5.06. The number of nitrogens with one attached hydrogen (secondary N) is 1. The Morgan fingerprint density at radius 1 is 1.21 bits per heavy atom. The summed E-state index contributed by atoms with van der Waals surface area (Å²) in [4.78, 5) is 25.3. The fourth-order valence-electron chi connectivity index (χ4n) is 3.18. The molecule has 2 aromatic carbocycles. The fourth-order valence-corrected chi connectivity index (χ4v) is 3.45. The van der Waals surface area contributed by atoms with Gasteiger partial charge in [-0.15, -0.1) is 5.01 Å². The number of ether oxygens (including phenoxy) is 3. The van der Waals surface area contributed by atoms with Crippen LogP contribution >= 0.6 is 11.6 Å². The Labute approximate surface area is 172 Å². The number of nitrogens with zero attached hydrogens (tertiary/aromatic N) is 2. The van der Waals surface area contributed by atoms with Gasteiger partial charge in [-0.25, -0.2) is 4.79 Å². The number of benzene rings is 2. The molecule has 0 aromatic heterocycles. The van der Waals surface area contributed by atoms with Gasteiger partial charge in [0.1, 0.15) is 24.5 Å². The number of hydrazone groups is 1. The minimum Gasteiger partial charge on any atom is -0.497 e. The minimum absolute atomic E-state index is 0.365. The summed E-state index contributed by atoms with van der Waals surface area (Å²) in [5.74, 6) is 1.12. The summed E-state index contributed by atoms with van der Waals surface area (Å²) in [6.07, 6.45) is 1.38. The molecule has 4 rings (SSSR count). The molecule has 150 valence electrons. The van der Waals surface area contributed by atoms with Crippen LogP contribution in [0.1, 0.15) is 18.1 Å². The normalized spacial score (nSPS) is 20.9. The van der Waals surface area contributed by atoms with E-state index in [0.717, 1.165) is 5.01 Å². The van der Waals surface area contributed by atoms with Crippen molar-refractivity contribution in [1.29, 1.82) is 0 Å². The van der Waals surface area contributed by atoms with Crippen LogP contribution in [0.4, 0.5) is 4.79 Å². The monoisotopic (exact) mass is 415 g/mol. The highest BCUT2D eigenvalue weighted by atomic mass is 35.5. The van der Waals surface area contributed by atoms with Crippen LogP contribution in [0.3, 0.4) is 0 Å². The molecule has 0 aliphatic carbocycles. The molecule has 0 radical (unpaired) electrons. The van der Waals surface area contributed by atoms with Crippen LogP contribution in [0.2, 0.25) is 5.02 Å². The van der Waals surface area contributed by atoms with Gasteiger partial charge in [0, 0.05) is 0 Å². The molecule has 1 fully saturated rings. The van der Waals surface area contributed by atoms with E-state index in [9.17, 15) is 9.59 Å². The molecule has 1 saturated heterocycles. The van der Waals surface area contributed by atoms with Gasteiger partial charge in [-0.2, -0.15) is 5.10 Å². The molecule has 0 spiro atoms. The van der Waals surface area contributed by atoms with Crippen LogP contribution in [0, 0.1) is 0 Å². The molecular weight excluding hydrogens is 398 g/mol. The summed E-state index contributed by atoms with van der Waals surface area (Å²) in [5.41, 5.74) is -0.0415. The molecule has 2 aliphatic heterocycles. The molecule has 3 amide bonds. The summed E-state index contributed by atoms with van der Waals surface area (Å²) < 4.78 is 16.1. The van der Waals surface area contributed by atoms with Crippen LogP contribution in [-0.4, -0.2) is 43.5 Å². The molecule has 0 unspecified atom stereocenters. The van der Waals surface area contributed by atoms with Crippen LogP contribution < -0.4 is 19.5 Å². The van der Waals surface area contributed by atoms with E-state index >= 15 is 0 Å². The van der Waals surface area contributed by atoms with Gasteiger partial charge in [-0.05, 0) is 42.3 Å². The average molecular weight is 416 g/mol. The first-order valence-corrected chi connectivity index (χ1v) is 9.24. The number of carbonyl (C=O) groups is 2. The Hall–Kier alpha value is -3.26.